The molecule has 0 saturated carbocycles. The van der Waals surface area contributed by atoms with Crippen LogP contribution in [0.1, 0.15) is 44.2 Å². The van der Waals surface area contributed by atoms with Crippen LogP contribution in [0.3, 0.4) is 0 Å². The largest absolute Gasteiger partial charge is 0.484 e. The van der Waals surface area contributed by atoms with Crippen molar-refractivity contribution in [2.75, 3.05) is 13.2 Å². The second kappa shape index (κ2) is 12.9. The predicted molar refractivity (Wildman–Crippen MR) is 131 cm³/mol. The minimum Gasteiger partial charge on any atom is -0.484 e. The molecule has 0 aromatic heterocycles. The molecule has 0 heterocycles. The van der Waals surface area contributed by atoms with Crippen LogP contribution in [-0.4, -0.2) is 35.9 Å². The summed E-state index contributed by atoms with van der Waals surface area (Å²) in [5, 5.41) is 4.38. The minimum absolute atomic E-state index is 0.184. The Labute approximate surface area is 205 Å². The van der Waals surface area contributed by atoms with Gasteiger partial charge in [-0.15, -0.1) is 0 Å². The molecule has 0 unspecified atom stereocenters. The Morgan fingerprint density at radius 1 is 1.03 bits per heavy atom. The number of carbonyl (C=O) groups is 2. The van der Waals surface area contributed by atoms with Crippen LogP contribution in [0.2, 0.25) is 15.1 Å². The summed E-state index contributed by atoms with van der Waals surface area (Å²) in [5.74, 6) is 0.0491. The number of benzene rings is 2. The average Bonchev–Trinajstić information content (AvgIpc) is 2.76. The van der Waals surface area contributed by atoms with E-state index in [2.05, 4.69) is 12.2 Å². The van der Waals surface area contributed by atoms with E-state index in [1.165, 1.54) is 4.90 Å². The van der Waals surface area contributed by atoms with E-state index in [1.54, 1.807) is 36.4 Å². The molecule has 0 fully saturated rings. The third kappa shape index (κ3) is 7.58. The number of aryl methyl sites for hydroxylation is 1. The molecule has 2 aromatic carbocycles. The second-order valence-corrected chi connectivity index (χ2v) is 8.76. The molecule has 0 aliphatic heterocycles. The number of nitrogens with zero attached hydrogens (tertiary/aromatic N) is 1. The van der Waals surface area contributed by atoms with Crippen molar-refractivity contribution in [2.45, 2.75) is 52.6 Å². The summed E-state index contributed by atoms with van der Waals surface area (Å²) in [7, 11) is 0. The van der Waals surface area contributed by atoms with Crippen LogP contribution in [0.5, 0.6) is 5.75 Å². The maximum absolute atomic E-state index is 13.2. The standard InChI is InChI=1S/C24H29Cl3N2O3/c1-4-6-11-28-24(31)22(5-2)29(14-17-7-9-20(26)21(27)13-17)23(30)15-32-18-8-10-19(25)16(3)12-18/h7-10,12-13,22H,4-6,11,14-15H2,1-3H3,(H,28,31)/t22-/m0/s1. The van der Waals surface area contributed by atoms with Crippen LogP contribution >= 0.6 is 34.8 Å². The SMILES string of the molecule is CCCCNC(=O)[C@H](CC)N(Cc1ccc(Cl)c(Cl)c1)C(=O)COc1ccc(Cl)c(C)c1. The second-order valence-electron chi connectivity index (χ2n) is 7.54. The summed E-state index contributed by atoms with van der Waals surface area (Å²) in [4.78, 5) is 27.6. The van der Waals surface area contributed by atoms with Gasteiger partial charge in [-0.05, 0) is 61.2 Å². The first-order chi connectivity index (χ1) is 15.3. The van der Waals surface area contributed by atoms with Gasteiger partial charge in [-0.25, -0.2) is 0 Å². The van der Waals surface area contributed by atoms with E-state index < -0.39 is 6.04 Å². The molecule has 32 heavy (non-hydrogen) atoms. The Hall–Kier alpha value is -1.95. The lowest BCUT2D eigenvalue weighted by Crippen LogP contribution is -2.50. The fourth-order valence-electron chi connectivity index (χ4n) is 3.20. The topological polar surface area (TPSA) is 58.6 Å². The van der Waals surface area contributed by atoms with Gasteiger partial charge in [0.1, 0.15) is 11.8 Å². The van der Waals surface area contributed by atoms with Crippen molar-refractivity contribution in [1.29, 1.82) is 0 Å². The molecule has 2 aromatic rings. The van der Waals surface area contributed by atoms with Gasteiger partial charge in [0.15, 0.2) is 6.61 Å². The van der Waals surface area contributed by atoms with E-state index in [0.29, 0.717) is 33.8 Å². The highest BCUT2D eigenvalue weighted by Gasteiger charge is 2.29. The molecular weight excluding hydrogens is 471 g/mol. The van der Waals surface area contributed by atoms with Crippen LogP contribution in [0.15, 0.2) is 36.4 Å². The van der Waals surface area contributed by atoms with E-state index in [9.17, 15) is 9.59 Å². The lowest BCUT2D eigenvalue weighted by atomic mass is 10.1. The summed E-state index contributed by atoms with van der Waals surface area (Å²) >= 11 is 18.2. The zero-order valence-electron chi connectivity index (χ0n) is 18.6. The van der Waals surface area contributed by atoms with Gasteiger partial charge in [-0.1, -0.05) is 61.1 Å². The van der Waals surface area contributed by atoms with Crippen molar-refractivity contribution >= 4 is 46.6 Å². The molecule has 8 heteroatoms. The summed E-state index contributed by atoms with van der Waals surface area (Å²) in [6.07, 6.45) is 2.31. The maximum Gasteiger partial charge on any atom is 0.261 e. The lowest BCUT2D eigenvalue weighted by molar-refractivity contribution is -0.143. The molecule has 0 aliphatic carbocycles. The minimum atomic E-state index is -0.635. The van der Waals surface area contributed by atoms with Gasteiger partial charge in [0.25, 0.3) is 5.91 Å². The van der Waals surface area contributed by atoms with Crippen LogP contribution in [0, 0.1) is 6.92 Å². The number of hydrogen-bond acceptors (Lipinski definition) is 3. The van der Waals surface area contributed by atoms with E-state index in [0.717, 1.165) is 24.0 Å². The van der Waals surface area contributed by atoms with Gasteiger partial charge >= 0.3 is 0 Å². The van der Waals surface area contributed by atoms with Crippen molar-refractivity contribution in [3.05, 3.63) is 62.6 Å². The van der Waals surface area contributed by atoms with E-state index in [1.807, 2.05) is 13.8 Å². The molecular formula is C24H29Cl3N2O3. The lowest BCUT2D eigenvalue weighted by Gasteiger charge is -2.30. The molecule has 2 rings (SSSR count). The highest BCUT2D eigenvalue weighted by molar-refractivity contribution is 6.42. The Bertz CT molecular complexity index is 937. The molecule has 0 bridgehead atoms. The number of halogens is 3. The molecule has 0 spiro atoms. The summed E-state index contributed by atoms with van der Waals surface area (Å²) in [6, 6.07) is 9.74. The van der Waals surface area contributed by atoms with Crippen LogP contribution in [0.25, 0.3) is 0 Å². The van der Waals surface area contributed by atoms with Crippen molar-refractivity contribution in [1.82, 2.24) is 10.2 Å². The van der Waals surface area contributed by atoms with Crippen LogP contribution < -0.4 is 10.1 Å². The number of amides is 2. The molecule has 0 saturated heterocycles. The molecule has 2 amide bonds. The van der Waals surface area contributed by atoms with Crippen molar-refractivity contribution < 1.29 is 14.3 Å². The number of nitrogens with one attached hydrogen (secondary N) is 1. The monoisotopic (exact) mass is 498 g/mol. The molecule has 0 aliphatic rings. The normalized spacial score (nSPS) is 11.7. The van der Waals surface area contributed by atoms with Gasteiger partial charge in [0, 0.05) is 18.1 Å². The molecule has 0 radical (unpaired) electrons. The average molecular weight is 500 g/mol. The van der Waals surface area contributed by atoms with Crippen molar-refractivity contribution in [3.63, 3.8) is 0 Å². The third-order valence-corrected chi connectivity index (χ3v) is 6.21. The summed E-state index contributed by atoms with van der Waals surface area (Å²) in [6.45, 7) is 6.37. The van der Waals surface area contributed by atoms with Gasteiger partial charge in [-0.2, -0.15) is 0 Å². The Morgan fingerprint density at radius 2 is 1.75 bits per heavy atom. The van der Waals surface area contributed by atoms with E-state index in [-0.39, 0.29) is 25.0 Å². The smallest absolute Gasteiger partial charge is 0.261 e. The molecule has 174 valence electrons. The Balaban J connectivity index is 2.21. The zero-order chi connectivity index (χ0) is 23.7. The predicted octanol–water partition coefficient (Wildman–Crippen LogP) is 6.06. The van der Waals surface area contributed by atoms with E-state index >= 15 is 0 Å². The number of carbonyl (C=O) groups excluding carboxylic acids is 2. The summed E-state index contributed by atoms with van der Waals surface area (Å²) in [5.41, 5.74) is 1.63. The highest BCUT2D eigenvalue weighted by atomic mass is 35.5. The fourth-order valence-corrected chi connectivity index (χ4v) is 3.63. The fraction of sp³-hybridized carbons (Fsp3) is 0.417. The Morgan fingerprint density at radius 3 is 2.38 bits per heavy atom. The quantitative estimate of drug-likeness (QED) is 0.382. The first-order valence-corrected chi connectivity index (χ1v) is 11.8. The zero-order valence-corrected chi connectivity index (χ0v) is 20.9. The van der Waals surface area contributed by atoms with Crippen molar-refractivity contribution in [2.24, 2.45) is 0 Å². The maximum atomic E-state index is 13.2. The number of unbranched alkanes of at least 4 members (excludes halogenated alkanes) is 1. The van der Waals surface area contributed by atoms with Crippen LogP contribution in [0.4, 0.5) is 0 Å². The van der Waals surface area contributed by atoms with Crippen LogP contribution in [-0.2, 0) is 16.1 Å². The van der Waals surface area contributed by atoms with Gasteiger partial charge in [0.2, 0.25) is 5.91 Å². The number of hydrogen-bond donors (Lipinski definition) is 1. The first kappa shape index (κ1) is 26.3. The third-order valence-electron chi connectivity index (χ3n) is 5.04. The molecule has 1 atom stereocenters. The first-order valence-electron chi connectivity index (χ1n) is 10.7. The Kier molecular flexibility index (Phi) is 10.6. The van der Waals surface area contributed by atoms with E-state index in [4.69, 9.17) is 39.5 Å². The number of rotatable bonds is 11. The van der Waals surface area contributed by atoms with Crippen molar-refractivity contribution in [3.8, 4) is 5.75 Å². The molecule has 5 nitrogen and oxygen atoms in total. The van der Waals surface area contributed by atoms with Gasteiger partial charge < -0.3 is 15.0 Å². The molecule has 1 N–H and O–H groups in total. The summed E-state index contributed by atoms with van der Waals surface area (Å²) < 4.78 is 5.71. The number of ether oxygens (including phenoxy) is 1. The van der Waals surface area contributed by atoms with Gasteiger partial charge in [0.05, 0.1) is 10.0 Å². The highest BCUT2D eigenvalue weighted by Crippen LogP contribution is 2.25. The van der Waals surface area contributed by atoms with Gasteiger partial charge in [-0.3, -0.25) is 9.59 Å².